The number of aromatic nitrogens is 4. The van der Waals surface area contributed by atoms with E-state index in [0.29, 0.717) is 24.7 Å². The van der Waals surface area contributed by atoms with Gasteiger partial charge in [-0.1, -0.05) is 137 Å². The fourth-order valence-corrected chi connectivity index (χ4v) is 9.17. The standard InChI is InChI=1S/C52H58N8O6/c1-31(2)41(57-51(63)65-5)49(61)59-29-13-19-39(59)47-53-43(35-15-9-7-10-16-35)45(55-47)37-25-21-33(22-26-37)34-23-27-38(28-24-34)46-44(36-17-11-8-12-18-36)54-48(56-46)40-20-14-30-60(40)50(62)42(32(3)4)58-52(64)66-6/h7-12,15-18,21-28,31-32,39-42H,13-14,19-20,29-30H2,1-6H3,(H,53,55)(H,54,56)(H,57,63)(H,58,64)/t39-,40-,41-,42-/m0/s1. The van der Waals surface area contributed by atoms with Gasteiger partial charge in [-0.3, -0.25) is 9.59 Å². The molecule has 4 heterocycles. The summed E-state index contributed by atoms with van der Waals surface area (Å²) in [7, 11) is 2.59. The number of rotatable bonds is 13. The van der Waals surface area contributed by atoms with Gasteiger partial charge in [-0.25, -0.2) is 19.6 Å². The maximum absolute atomic E-state index is 14.0. The monoisotopic (exact) mass is 890 g/mol. The van der Waals surface area contributed by atoms with Crippen molar-refractivity contribution in [3.8, 4) is 56.2 Å². The molecule has 0 aliphatic carbocycles. The molecule has 4 amide bonds. The molecule has 342 valence electrons. The Kier molecular flexibility index (Phi) is 13.7. The lowest BCUT2D eigenvalue weighted by molar-refractivity contribution is -0.136. The normalized spacial score (nSPS) is 16.9. The van der Waals surface area contributed by atoms with E-state index in [4.69, 9.17) is 19.4 Å². The fraction of sp³-hybridized carbons (Fsp3) is 0.346. The minimum absolute atomic E-state index is 0.140. The molecule has 2 aromatic heterocycles. The summed E-state index contributed by atoms with van der Waals surface area (Å²) >= 11 is 0. The highest BCUT2D eigenvalue weighted by atomic mass is 16.5. The van der Waals surface area contributed by atoms with Gasteiger partial charge in [0.2, 0.25) is 11.8 Å². The van der Waals surface area contributed by atoms with E-state index in [1.54, 1.807) is 0 Å². The maximum atomic E-state index is 14.0. The third kappa shape index (κ3) is 9.44. The van der Waals surface area contributed by atoms with Crippen LogP contribution in [0.25, 0.3) is 56.2 Å². The van der Waals surface area contributed by atoms with E-state index in [-0.39, 0.29) is 35.7 Å². The predicted molar refractivity (Wildman–Crippen MR) is 254 cm³/mol. The van der Waals surface area contributed by atoms with Gasteiger partial charge in [0.1, 0.15) is 23.7 Å². The first-order valence-electron chi connectivity index (χ1n) is 22.8. The summed E-state index contributed by atoms with van der Waals surface area (Å²) < 4.78 is 9.67. The number of nitrogens with one attached hydrogen (secondary N) is 4. The van der Waals surface area contributed by atoms with Crippen LogP contribution in [0.2, 0.25) is 0 Å². The van der Waals surface area contributed by atoms with Crippen molar-refractivity contribution in [3.63, 3.8) is 0 Å². The summed E-state index contributed by atoms with van der Waals surface area (Å²) in [4.78, 5) is 73.5. The van der Waals surface area contributed by atoms with Gasteiger partial charge in [-0.2, -0.15) is 0 Å². The van der Waals surface area contributed by atoms with Gasteiger partial charge in [0.15, 0.2) is 0 Å². The Labute approximate surface area is 385 Å². The van der Waals surface area contributed by atoms with E-state index in [9.17, 15) is 19.2 Å². The van der Waals surface area contributed by atoms with Crippen LogP contribution in [0.15, 0.2) is 109 Å². The lowest BCUT2D eigenvalue weighted by Crippen LogP contribution is -2.51. The molecule has 0 saturated carbocycles. The van der Waals surface area contributed by atoms with Gasteiger partial charge in [0, 0.05) is 35.3 Å². The molecule has 4 N–H and O–H groups in total. The molecule has 0 bridgehead atoms. The van der Waals surface area contributed by atoms with Crippen molar-refractivity contribution >= 4 is 24.0 Å². The van der Waals surface area contributed by atoms with Gasteiger partial charge in [-0.05, 0) is 48.6 Å². The first-order chi connectivity index (χ1) is 31.9. The highest BCUT2D eigenvalue weighted by Crippen LogP contribution is 2.40. The molecule has 8 rings (SSSR count). The summed E-state index contributed by atoms with van der Waals surface area (Å²) in [5.74, 6) is 0.813. The highest BCUT2D eigenvalue weighted by molar-refractivity contribution is 5.88. The molecule has 6 aromatic rings. The molecular weight excluding hydrogens is 833 g/mol. The van der Waals surface area contributed by atoms with E-state index in [1.807, 2.05) is 98.2 Å². The second-order valence-electron chi connectivity index (χ2n) is 17.7. The second kappa shape index (κ2) is 19.9. The molecule has 2 aliphatic heterocycles. The van der Waals surface area contributed by atoms with Gasteiger partial charge in [-0.15, -0.1) is 0 Å². The molecule has 0 spiro atoms. The van der Waals surface area contributed by atoms with Crippen molar-refractivity contribution < 1.29 is 28.7 Å². The van der Waals surface area contributed by atoms with Crippen LogP contribution in [0.1, 0.15) is 77.1 Å². The van der Waals surface area contributed by atoms with Crippen molar-refractivity contribution in [3.05, 3.63) is 121 Å². The van der Waals surface area contributed by atoms with Crippen molar-refractivity contribution in [1.82, 2.24) is 40.4 Å². The zero-order valence-corrected chi connectivity index (χ0v) is 38.3. The summed E-state index contributed by atoms with van der Waals surface area (Å²) in [6, 6.07) is 34.8. The average molecular weight is 891 g/mol. The number of alkyl carbamates (subject to hydrolysis) is 2. The number of nitrogens with zero attached hydrogens (tertiary/aromatic N) is 4. The maximum Gasteiger partial charge on any atom is 0.407 e. The Morgan fingerprint density at radius 1 is 0.530 bits per heavy atom. The number of methoxy groups -OCH3 is 2. The van der Waals surface area contributed by atoms with Crippen LogP contribution in [-0.4, -0.2) is 93.1 Å². The van der Waals surface area contributed by atoms with Gasteiger partial charge >= 0.3 is 12.2 Å². The van der Waals surface area contributed by atoms with Gasteiger partial charge in [0.05, 0.1) is 49.1 Å². The highest BCUT2D eigenvalue weighted by Gasteiger charge is 2.40. The van der Waals surface area contributed by atoms with E-state index in [0.717, 1.165) is 81.8 Å². The Morgan fingerprint density at radius 2 is 0.879 bits per heavy atom. The number of H-pyrrole nitrogens is 2. The molecule has 4 atom stereocenters. The molecule has 66 heavy (non-hydrogen) atoms. The summed E-state index contributed by atoms with van der Waals surface area (Å²) in [5, 5.41) is 5.48. The number of carbonyl (C=O) groups is 4. The number of hydrogen-bond donors (Lipinski definition) is 4. The Bertz CT molecular complexity index is 2460. The van der Waals surface area contributed by atoms with E-state index in [1.165, 1.54) is 14.2 Å². The number of hydrogen-bond acceptors (Lipinski definition) is 8. The van der Waals surface area contributed by atoms with Crippen molar-refractivity contribution in [2.75, 3.05) is 27.3 Å². The molecular formula is C52H58N8O6. The van der Waals surface area contributed by atoms with E-state index < -0.39 is 24.3 Å². The smallest absolute Gasteiger partial charge is 0.407 e. The SMILES string of the molecule is COC(=O)N[C@H](C(=O)N1CCC[C@H]1c1nc(-c2ccccc2)c(-c2ccc(-c3ccc(-c4[nH]c([C@@H]5CCCN5C(=O)[C@@H](NC(=O)OC)C(C)C)nc4-c4ccccc4)cc3)cc2)[nH]1)C(C)C. The van der Waals surface area contributed by atoms with E-state index in [2.05, 4.69) is 69.1 Å². The van der Waals surface area contributed by atoms with Crippen molar-refractivity contribution in [2.24, 2.45) is 11.8 Å². The Morgan fingerprint density at radius 3 is 1.21 bits per heavy atom. The van der Waals surface area contributed by atoms with Crippen LogP contribution in [0.4, 0.5) is 9.59 Å². The predicted octanol–water partition coefficient (Wildman–Crippen LogP) is 9.56. The van der Waals surface area contributed by atoms with Crippen LogP contribution < -0.4 is 10.6 Å². The second-order valence-corrected chi connectivity index (χ2v) is 17.7. The topological polar surface area (TPSA) is 175 Å². The Hall–Kier alpha value is -7.22. The molecule has 14 heteroatoms. The first kappa shape index (κ1) is 45.4. The number of aromatic amines is 2. The lowest BCUT2D eigenvalue weighted by atomic mass is 9.98. The average Bonchev–Trinajstić information content (AvgIpc) is 4.19. The number of carbonyl (C=O) groups excluding carboxylic acids is 4. The van der Waals surface area contributed by atoms with Crippen LogP contribution >= 0.6 is 0 Å². The Balaban J connectivity index is 1.07. The number of imidazole rings is 2. The largest absolute Gasteiger partial charge is 0.453 e. The molecule has 2 saturated heterocycles. The first-order valence-corrected chi connectivity index (χ1v) is 22.8. The number of ether oxygens (including phenoxy) is 2. The summed E-state index contributed by atoms with van der Waals surface area (Å²) in [6.45, 7) is 8.75. The molecule has 0 unspecified atom stereocenters. The molecule has 2 fully saturated rings. The van der Waals surface area contributed by atoms with Crippen molar-refractivity contribution in [1.29, 1.82) is 0 Å². The third-order valence-electron chi connectivity index (χ3n) is 12.7. The minimum atomic E-state index is -0.729. The quantitative estimate of drug-likeness (QED) is 0.0887. The van der Waals surface area contributed by atoms with Crippen LogP contribution in [0.3, 0.4) is 0 Å². The van der Waals surface area contributed by atoms with Crippen molar-refractivity contribution in [2.45, 2.75) is 77.5 Å². The van der Waals surface area contributed by atoms with E-state index >= 15 is 0 Å². The number of amides is 4. The number of likely N-dealkylation sites (tertiary alicyclic amines) is 2. The lowest BCUT2D eigenvalue weighted by Gasteiger charge is -2.30. The molecule has 0 radical (unpaired) electrons. The molecule has 14 nitrogen and oxygen atoms in total. The molecule has 4 aromatic carbocycles. The van der Waals surface area contributed by atoms with Crippen LogP contribution in [-0.2, 0) is 19.1 Å². The zero-order valence-electron chi connectivity index (χ0n) is 38.3. The number of benzene rings is 4. The molecule has 2 aliphatic rings. The third-order valence-corrected chi connectivity index (χ3v) is 12.7. The fourth-order valence-electron chi connectivity index (χ4n) is 9.17. The van der Waals surface area contributed by atoms with Gasteiger partial charge < -0.3 is 39.9 Å². The van der Waals surface area contributed by atoms with Crippen LogP contribution in [0.5, 0.6) is 0 Å². The summed E-state index contributed by atoms with van der Waals surface area (Å²) in [6.07, 6.45) is 1.84. The minimum Gasteiger partial charge on any atom is -0.453 e. The summed E-state index contributed by atoms with van der Waals surface area (Å²) in [5.41, 5.74) is 9.19. The van der Waals surface area contributed by atoms with Gasteiger partial charge in [0.25, 0.3) is 0 Å². The zero-order chi connectivity index (χ0) is 46.5. The van der Waals surface area contributed by atoms with Crippen LogP contribution in [0, 0.1) is 11.8 Å².